The van der Waals surface area contributed by atoms with E-state index in [0.29, 0.717) is 31.5 Å². The van der Waals surface area contributed by atoms with Crippen LogP contribution in [0.4, 0.5) is 0 Å². The van der Waals surface area contributed by atoms with Crippen molar-refractivity contribution in [2.45, 2.75) is 25.3 Å². The molecule has 0 bridgehead atoms. The number of hydrogen-bond acceptors (Lipinski definition) is 6. The molecule has 7 heteroatoms. The zero-order chi connectivity index (χ0) is 17.5. The van der Waals surface area contributed by atoms with Gasteiger partial charge < -0.3 is 18.9 Å². The fraction of sp³-hybridized carbons (Fsp3) is 0.474. The highest BCUT2D eigenvalue weighted by atomic mass is 16.7. The largest absolute Gasteiger partial charge is 0.454 e. The van der Waals surface area contributed by atoms with Gasteiger partial charge in [-0.2, -0.15) is 0 Å². The molecule has 2 aromatic rings. The predicted molar refractivity (Wildman–Crippen MR) is 92.2 cm³/mol. The van der Waals surface area contributed by atoms with Crippen molar-refractivity contribution in [3.05, 3.63) is 41.3 Å². The lowest BCUT2D eigenvalue weighted by atomic mass is 10.1. The van der Waals surface area contributed by atoms with Gasteiger partial charge in [0.05, 0.1) is 0 Å². The van der Waals surface area contributed by atoms with Crippen molar-refractivity contribution in [3.8, 4) is 11.5 Å². The average molecular weight is 355 g/mol. The van der Waals surface area contributed by atoms with Gasteiger partial charge in [0.1, 0.15) is 5.76 Å². The van der Waals surface area contributed by atoms with Crippen molar-refractivity contribution in [1.29, 1.82) is 0 Å². The molecule has 0 radical (unpaired) electrons. The Morgan fingerprint density at radius 2 is 1.88 bits per heavy atom. The highest BCUT2D eigenvalue weighted by Crippen LogP contribution is 2.40. The van der Waals surface area contributed by atoms with Crippen LogP contribution in [0.15, 0.2) is 28.8 Å². The summed E-state index contributed by atoms with van der Waals surface area (Å²) in [6.45, 7) is 4.23. The lowest BCUT2D eigenvalue weighted by molar-refractivity contribution is 0.0618. The van der Waals surface area contributed by atoms with Crippen LogP contribution in [-0.2, 0) is 6.54 Å². The zero-order valence-electron chi connectivity index (χ0n) is 14.5. The Balaban J connectivity index is 1.17. The predicted octanol–water partition coefficient (Wildman–Crippen LogP) is 2.24. The number of carbonyl (C=O) groups is 1. The number of amides is 1. The van der Waals surface area contributed by atoms with E-state index in [1.807, 2.05) is 23.1 Å². The van der Waals surface area contributed by atoms with Crippen LogP contribution in [-0.4, -0.2) is 53.8 Å². The van der Waals surface area contributed by atoms with E-state index in [9.17, 15) is 4.79 Å². The number of aromatic nitrogens is 1. The second kappa shape index (κ2) is 6.32. The molecular weight excluding hydrogens is 334 g/mol. The van der Waals surface area contributed by atoms with E-state index in [1.165, 1.54) is 5.56 Å². The number of benzene rings is 1. The molecule has 1 aliphatic carbocycles. The molecule has 2 fully saturated rings. The molecule has 26 heavy (non-hydrogen) atoms. The number of nitrogens with zero attached hydrogens (tertiary/aromatic N) is 3. The summed E-state index contributed by atoms with van der Waals surface area (Å²) in [6, 6.07) is 7.88. The molecule has 3 heterocycles. The topological polar surface area (TPSA) is 68.0 Å². The van der Waals surface area contributed by atoms with Gasteiger partial charge in [-0.3, -0.25) is 9.69 Å². The minimum absolute atomic E-state index is 0.0246. The number of fused-ring (bicyclic) bond motifs is 1. The molecule has 1 amide bonds. The molecule has 0 unspecified atom stereocenters. The Morgan fingerprint density at radius 3 is 2.69 bits per heavy atom. The fourth-order valence-corrected chi connectivity index (χ4v) is 3.52. The Kier molecular flexibility index (Phi) is 3.81. The fourth-order valence-electron chi connectivity index (χ4n) is 3.52. The lowest BCUT2D eigenvalue weighted by Gasteiger charge is -2.34. The second-order valence-electron chi connectivity index (χ2n) is 7.14. The van der Waals surface area contributed by atoms with Gasteiger partial charge in [-0.05, 0) is 30.5 Å². The van der Waals surface area contributed by atoms with Crippen molar-refractivity contribution in [1.82, 2.24) is 15.0 Å². The van der Waals surface area contributed by atoms with Crippen LogP contribution in [0, 0.1) is 0 Å². The number of ether oxygens (including phenoxy) is 2. The number of hydrogen-bond donors (Lipinski definition) is 0. The molecule has 2 aliphatic heterocycles. The van der Waals surface area contributed by atoms with Crippen molar-refractivity contribution in [3.63, 3.8) is 0 Å². The maximum Gasteiger partial charge on any atom is 0.276 e. The Morgan fingerprint density at radius 1 is 1.08 bits per heavy atom. The van der Waals surface area contributed by atoms with Gasteiger partial charge in [0.15, 0.2) is 17.2 Å². The third-order valence-corrected chi connectivity index (χ3v) is 5.23. The first-order valence-corrected chi connectivity index (χ1v) is 9.13. The summed E-state index contributed by atoms with van der Waals surface area (Å²) in [4.78, 5) is 16.8. The van der Waals surface area contributed by atoms with Gasteiger partial charge >= 0.3 is 0 Å². The van der Waals surface area contributed by atoms with Crippen molar-refractivity contribution >= 4 is 5.91 Å². The SMILES string of the molecule is O=C(c1cc(C2CC2)on1)N1CCN(Cc2ccc3c(c2)OCO3)CC1. The van der Waals surface area contributed by atoms with Crippen molar-refractivity contribution in [2.75, 3.05) is 33.0 Å². The summed E-state index contributed by atoms with van der Waals surface area (Å²) in [5.41, 5.74) is 1.63. The van der Waals surface area contributed by atoms with Crippen LogP contribution in [0.25, 0.3) is 0 Å². The summed E-state index contributed by atoms with van der Waals surface area (Å²) < 4.78 is 16.1. The van der Waals surface area contributed by atoms with Crippen LogP contribution in [0.1, 0.15) is 40.6 Å². The van der Waals surface area contributed by atoms with Crippen molar-refractivity contribution in [2.24, 2.45) is 0 Å². The molecular formula is C19H21N3O4. The smallest absolute Gasteiger partial charge is 0.276 e. The first kappa shape index (κ1) is 15.7. The highest BCUT2D eigenvalue weighted by Gasteiger charge is 2.30. The third-order valence-electron chi connectivity index (χ3n) is 5.23. The molecule has 136 valence electrons. The highest BCUT2D eigenvalue weighted by molar-refractivity contribution is 5.92. The van der Waals surface area contributed by atoms with Crippen LogP contribution in [0.2, 0.25) is 0 Å². The molecule has 5 rings (SSSR count). The Labute approximate surface area is 151 Å². The summed E-state index contributed by atoms with van der Waals surface area (Å²) in [7, 11) is 0. The molecule has 7 nitrogen and oxygen atoms in total. The standard InChI is InChI=1S/C19H21N3O4/c23-19(15-10-17(26-20-15)14-2-3-14)22-7-5-21(6-8-22)11-13-1-4-16-18(9-13)25-12-24-16/h1,4,9-10,14H,2-3,5-8,11-12H2. The monoisotopic (exact) mass is 355 g/mol. The molecule has 0 atom stereocenters. The minimum atomic E-state index is -0.0246. The van der Waals surface area contributed by atoms with E-state index < -0.39 is 0 Å². The van der Waals surface area contributed by atoms with E-state index >= 15 is 0 Å². The van der Waals surface area contributed by atoms with Crippen LogP contribution >= 0.6 is 0 Å². The maximum absolute atomic E-state index is 12.6. The molecule has 1 saturated heterocycles. The van der Waals surface area contributed by atoms with E-state index in [4.69, 9.17) is 14.0 Å². The molecule has 1 aromatic carbocycles. The third kappa shape index (κ3) is 3.03. The first-order chi connectivity index (χ1) is 12.8. The van der Waals surface area contributed by atoms with Crippen LogP contribution < -0.4 is 9.47 Å². The molecule has 1 aromatic heterocycles. The summed E-state index contributed by atoms with van der Waals surface area (Å²) >= 11 is 0. The zero-order valence-corrected chi connectivity index (χ0v) is 14.5. The Hall–Kier alpha value is -2.54. The maximum atomic E-state index is 12.6. The average Bonchev–Trinajstić information content (AvgIpc) is 3.21. The van der Waals surface area contributed by atoms with Gasteiger partial charge in [-0.25, -0.2) is 0 Å². The Bertz CT molecular complexity index is 822. The molecule has 0 spiro atoms. The minimum Gasteiger partial charge on any atom is -0.454 e. The second-order valence-corrected chi connectivity index (χ2v) is 7.14. The molecule has 1 saturated carbocycles. The number of piperazine rings is 1. The quantitative estimate of drug-likeness (QED) is 0.838. The van der Waals surface area contributed by atoms with Crippen molar-refractivity contribution < 1.29 is 18.8 Å². The van der Waals surface area contributed by atoms with Crippen LogP contribution in [0.3, 0.4) is 0 Å². The van der Waals surface area contributed by atoms with Gasteiger partial charge in [0, 0.05) is 44.7 Å². The first-order valence-electron chi connectivity index (χ1n) is 9.13. The van der Waals surface area contributed by atoms with Gasteiger partial charge in [0.2, 0.25) is 6.79 Å². The normalized spacial score (nSPS) is 19.8. The van der Waals surface area contributed by atoms with E-state index in [-0.39, 0.29) is 5.91 Å². The summed E-state index contributed by atoms with van der Waals surface area (Å²) in [5.74, 6) is 2.93. The summed E-state index contributed by atoms with van der Waals surface area (Å²) in [5, 5.41) is 3.97. The van der Waals surface area contributed by atoms with Gasteiger partial charge in [-0.15, -0.1) is 0 Å². The van der Waals surface area contributed by atoms with Gasteiger partial charge in [-0.1, -0.05) is 11.2 Å². The van der Waals surface area contributed by atoms with E-state index in [1.54, 1.807) is 0 Å². The number of carbonyl (C=O) groups excluding carboxylic acids is 1. The molecule has 3 aliphatic rings. The number of rotatable bonds is 4. The van der Waals surface area contributed by atoms with Gasteiger partial charge in [0.25, 0.3) is 5.91 Å². The van der Waals surface area contributed by atoms with E-state index in [2.05, 4.69) is 16.1 Å². The summed E-state index contributed by atoms with van der Waals surface area (Å²) in [6.07, 6.45) is 2.28. The van der Waals surface area contributed by atoms with Crippen LogP contribution in [0.5, 0.6) is 11.5 Å². The lowest BCUT2D eigenvalue weighted by Crippen LogP contribution is -2.48. The molecule has 0 N–H and O–H groups in total. The van der Waals surface area contributed by atoms with E-state index in [0.717, 1.165) is 49.7 Å².